The summed E-state index contributed by atoms with van der Waals surface area (Å²) in [5, 5.41) is 5.11. The van der Waals surface area contributed by atoms with Crippen LogP contribution >= 0.6 is 11.6 Å². The van der Waals surface area contributed by atoms with Gasteiger partial charge in [-0.3, -0.25) is 9.59 Å². The van der Waals surface area contributed by atoms with E-state index in [0.29, 0.717) is 17.0 Å². The molecule has 2 aromatic rings. The number of allylic oxidation sites excluding steroid dienone is 1. The van der Waals surface area contributed by atoms with Crippen molar-refractivity contribution in [2.24, 2.45) is 0 Å². The molecule has 0 fully saturated rings. The number of halogens is 3. The molecule has 2 aromatic carbocycles. The third-order valence-electron chi connectivity index (χ3n) is 3.89. The van der Waals surface area contributed by atoms with Crippen LogP contribution in [-0.2, 0) is 16.1 Å². The first-order chi connectivity index (χ1) is 14.3. The van der Waals surface area contributed by atoms with Gasteiger partial charge in [-0.05, 0) is 36.2 Å². The minimum absolute atomic E-state index is 0.0463. The van der Waals surface area contributed by atoms with Crippen LogP contribution in [0.5, 0.6) is 11.5 Å². The number of amides is 2. The molecule has 0 aliphatic heterocycles. The van der Waals surface area contributed by atoms with Gasteiger partial charge in [0.1, 0.15) is 23.1 Å². The van der Waals surface area contributed by atoms with Crippen LogP contribution in [0, 0.1) is 11.6 Å². The Hall–Kier alpha value is -3.13. The predicted molar refractivity (Wildman–Crippen MR) is 108 cm³/mol. The maximum absolute atomic E-state index is 13.4. The molecule has 0 spiro atoms. The standard InChI is InChI=1S/C21H21ClF2N2O4/c1-13(26-21(28)12-30-16-4-5-18(22)19(24)10-16)3-6-20(27)25-11-14-7-15(23)9-17(8-14)29-2/h4-5,7-10H,1,3,6,11-12H2,2H3,(H,25,27)(H,26,28). The fourth-order valence-electron chi connectivity index (χ4n) is 2.41. The van der Waals surface area contributed by atoms with E-state index in [1.165, 1.54) is 31.4 Å². The van der Waals surface area contributed by atoms with Crippen molar-refractivity contribution in [2.75, 3.05) is 13.7 Å². The molecule has 0 bridgehead atoms. The summed E-state index contributed by atoms with van der Waals surface area (Å²) in [6, 6.07) is 7.99. The molecule has 0 aliphatic rings. The molecule has 9 heteroatoms. The summed E-state index contributed by atoms with van der Waals surface area (Å²) in [7, 11) is 1.43. The van der Waals surface area contributed by atoms with E-state index in [9.17, 15) is 18.4 Å². The number of methoxy groups -OCH3 is 1. The maximum Gasteiger partial charge on any atom is 0.262 e. The summed E-state index contributed by atoms with van der Waals surface area (Å²) < 4.78 is 36.9. The molecule has 0 aliphatic carbocycles. The van der Waals surface area contributed by atoms with Crippen LogP contribution in [-0.4, -0.2) is 25.5 Å². The molecular formula is C21H21ClF2N2O4. The van der Waals surface area contributed by atoms with Crippen LogP contribution in [0.15, 0.2) is 48.7 Å². The van der Waals surface area contributed by atoms with Gasteiger partial charge in [0.2, 0.25) is 5.91 Å². The van der Waals surface area contributed by atoms with E-state index in [4.69, 9.17) is 21.1 Å². The summed E-state index contributed by atoms with van der Waals surface area (Å²) in [4.78, 5) is 23.8. The van der Waals surface area contributed by atoms with Crippen LogP contribution < -0.4 is 20.1 Å². The predicted octanol–water partition coefficient (Wildman–Crippen LogP) is 3.73. The van der Waals surface area contributed by atoms with E-state index >= 15 is 0 Å². The summed E-state index contributed by atoms with van der Waals surface area (Å²) in [6.07, 6.45) is 0.286. The Balaban J connectivity index is 1.69. The highest BCUT2D eigenvalue weighted by atomic mass is 35.5. The van der Waals surface area contributed by atoms with Gasteiger partial charge in [0.05, 0.1) is 12.1 Å². The number of hydrogen-bond donors (Lipinski definition) is 2. The summed E-state index contributed by atoms with van der Waals surface area (Å²) in [6.45, 7) is 3.47. The monoisotopic (exact) mass is 438 g/mol. The van der Waals surface area contributed by atoms with Crippen molar-refractivity contribution in [3.05, 3.63) is 70.9 Å². The van der Waals surface area contributed by atoms with E-state index in [-0.39, 0.29) is 42.7 Å². The van der Waals surface area contributed by atoms with E-state index < -0.39 is 17.5 Å². The molecule has 0 saturated carbocycles. The number of benzene rings is 2. The zero-order valence-corrected chi connectivity index (χ0v) is 17.0. The third-order valence-corrected chi connectivity index (χ3v) is 4.19. The molecule has 0 aromatic heterocycles. The van der Waals surface area contributed by atoms with Crippen molar-refractivity contribution in [1.29, 1.82) is 0 Å². The Labute approximate surface area is 177 Å². The summed E-state index contributed by atoms with van der Waals surface area (Å²) >= 11 is 5.57. The minimum Gasteiger partial charge on any atom is -0.497 e. The molecule has 2 N–H and O–H groups in total. The topological polar surface area (TPSA) is 76.7 Å². The van der Waals surface area contributed by atoms with Crippen LogP contribution in [0.25, 0.3) is 0 Å². The normalized spacial score (nSPS) is 10.3. The SMILES string of the molecule is C=C(CCC(=O)NCc1cc(F)cc(OC)c1)NC(=O)COc1ccc(Cl)c(F)c1. The van der Waals surface area contributed by atoms with E-state index in [2.05, 4.69) is 17.2 Å². The highest BCUT2D eigenvalue weighted by molar-refractivity contribution is 6.30. The van der Waals surface area contributed by atoms with Gasteiger partial charge in [-0.1, -0.05) is 18.2 Å². The molecule has 0 heterocycles. The van der Waals surface area contributed by atoms with Crippen molar-refractivity contribution < 1.29 is 27.8 Å². The smallest absolute Gasteiger partial charge is 0.262 e. The quantitative estimate of drug-likeness (QED) is 0.592. The van der Waals surface area contributed by atoms with Gasteiger partial charge >= 0.3 is 0 Å². The fourth-order valence-corrected chi connectivity index (χ4v) is 2.52. The molecule has 2 amide bonds. The van der Waals surface area contributed by atoms with Gasteiger partial charge in [-0.15, -0.1) is 0 Å². The maximum atomic E-state index is 13.4. The number of carbonyl (C=O) groups excluding carboxylic acids is 2. The fraction of sp³-hybridized carbons (Fsp3) is 0.238. The molecule has 160 valence electrons. The molecule has 0 saturated heterocycles. The Morgan fingerprint density at radius 3 is 2.53 bits per heavy atom. The molecular weight excluding hydrogens is 418 g/mol. The third kappa shape index (κ3) is 7.71. The molecule has 30 heavy (non-hydrogen) atoms. The first-order valence-corrected chi connectivity index (χ1v) is 9.30. The van der Waals surface area contributed by atoms with E-state index in [1.54, 1.807) is 6.07 Å². The van der Waals surface area contributed by atoms with E-state index in [0.717, 1.165) is 6.07 Å². The molecule has 2 rings (SSSR count). The number of nitrogens with one attached hydrogen (secondary N) is 2. The lowest BCUT2D eigenvalue weighted by molar-refractivity contribution is -0.123. The Bertz CT molecular complexity index is 937. The first kappa shape index (κ1) is 23.2. The lowest BCUT2D eigenvalue weighted by atomic mass is 10.2. The van der Waals surface area contributed by atoms with Gasteiger partial charge in [0.15, 0.2) is 6.61 Å². The number of hydrogen-bond acceptors (Lipinski definition) is 4. The Kier molecular flexibility index (Phi) is 8.61. The Morgan fingerprint density at radius 2 is 1.83 bits per heavy atom. The lowest BCUT2D eigenvalue weighted by Gasteiger charge is -2.11. The number of rotatable bonds is 10. The highest BCUT2D eigenvalue weighted by Crippen LogP contribution is 2.20. The second-order valence-corrected chi connectivity index (χ2v) is 6.70. The largest absolute Gasteiger partial charge is 0.497 e. The van der Waals surface area contributed by atoms with Crippen molar-refractivity contribution in [3.8, 4) is 11.5 Å². The molecule has 0 atom stereocenters. The zero-order chi connectivity index (χ0) is 22.1. The van der Waals surface area contributed by atoms with Crippen molar-refractivity contribution >= 4 is 23.4 Å². The Morgan fingerprint density at radius 1 is 1.07 bits per heavy atom. The van der Waals surface area contributed by atoms with Crippen LogP contribution in [0.2, 0.25) is 5.02 Å². The van der Waals surface area contributed by atoms with Gasteiger partial charge in [-0.2, -0.15) is 0 Å². The molecule has 0 unspecified atom stereocenters. The van der Waals surface area contributed by atoms with Gasteiger partial charge in [0.25, 0.3) is 5.91 Å². The number of ether oxygens (including phenoxy) is 2. The average Bonchev–Trinajstić information content (AvgIpc) is 2.71. The summed E-state index contributed by atoms with van der Waals surface area (Å²) in [5.74, 6) is -1.38. The summed E-state index contributed by atoms with van der Waals surface area (Å²) in [5.41, 5.74) is 0.886. The number of carbonyl (C=O) groups is 2. The van der Waals surface area contributed by atoms with Crippen molar-refractivity contribution in [3.63, 3.8) is 0 Å². The highest BCUT2D eigenvalue weighted by Gasteiger charge is 2.09. The first-order valence-electron chi connectivity index (χ1n) is 8.92. The average molecular weight is 439 g/mol. The molecule has 0 radical (unpaired) electrons. The van der Waals surface area contributed by atoms with Crippen molar-refractivity contribution in [1.82, 2.24) is 10.6 Å². The van der Waals surface area contributed by atoms with Gasteiger partial charge in [-0.25, -0.2) is 8.78 Å². The van der Waals surface area contributed by atoms with Crippen LogP contribution in [0.3, 0.4) is 0 Å². The van der Waals surface area contributed by atoms with Crippen LogP contribution in [0.1, 0.15) is 18.4 Å². The second kappa shape index (κ2) is 11.2. The van der Waals surface area contributed by atoms with Crippen molar-refractivity contribution in [2.45, 2.75) is 19.4 Å². The van der Waals surface area contributed by atoms with Gasteiger partial charge < -0.3 is 20.1 Å². The molecule has 6 nitrogen and oxygen atoms in total. The zero-order valence-electron chi connectivity index (χ0n) is 16.3. The second-order valence-electron chi connectivity index (χ2n) is 6.29. The lowest BCUT2D eigenvalue weighted by Crippen LogP contribution is -2.29. The van der Waals surface area contributed by atoms with Crippen LogP contribution in [0.4, 0.5) is 8.78 Å². The van der Waals surface area contributed by atoms with E-state index in [1.807, 2.05) is 0 Å². The van der Waals surface area contributed by atoms with Gasteiger partial charge in [0, 0.05) is 30.8 Å². The minimum atomic E-state index is -0.651.